The van der Waals surface area contributed by atoms with Gasteiger partial charge in [-0.1, -0.05) is 35.9 Å². The Hall–Kier alpha value is -1.95. The molecule has 0 aromatic heterocycles. The smallest absolute Gasteiger partial charge is 0.311 e. The Bertz CT molecular complexity index is 797. The van der Waals surface area contributed by atoms with Crippen LogP contribution in [0.1, 0.15) is 32.3 Å². The van der Waals surface area contributed by atoms with Crippen LogP contribution in [0.2, 0.25) is 5.02 Å². The van der Waals surface area contributed by atoms with Gasteiger partial charge in [0.2, 0.25) is 0 Å². The summed E-state index contributed by atoms with van der Waals surface area (Å²) in [5, 5.41) is 9.79. The topological polar surface area (TPSA) is 72.5 Å². The first-order valence-electron chi connectivity index (χ1n) is 9.37. The van der Waals surface area contributed by atoms with Gasteiger partial charge >= 0.3 is 5.97 Å². The molecule has 0 saturated heterocycles. The lowest BCUT2D eigenvalue weighted by Crippen LogP contribution is -2.38. The number of aliphatic hydroxyl groups is 1. The van der Waals surface area contributed by atoms with Gasteiger partial charge < -0.3 is 15.6 Å². The molecule has 0 fully saturated rings. The molecule has 28 heavy (non-hydrogen) atoms. The predicted octanol–water partition coefficient (Wildman–Crippen LogP) is 4.36. The first-order valence-corrected chi connectivity index (χ1v) is 9.75. The Balaban J connectivity index is 2.08. The third-order valence-corrected chi connectivity index (χ3v) is 5.07. The van der Waals surface area contributed by atoms with Crippen LogP contribution in [0.5, 0.6) is 0 Å². The SMILES string of the molecule is CCOC(=O)C(C)(CCO)C[C@H](N)Cc1ccc(-c2cc(Cl)ccc2F)cc1. The van der Waals surface area contributed by atoms with E-state index in [1.165, 1.54) is 12.1 Å². The zero-order valence-electron chi connectivity index (χ0n) is 16.3. The fourth-order valence-electron chi connectivity index (χ4n) is 3.33. The molecule has 2 aromatic rings. The van der Waals surface area contributed by atoms with Gasteiger partial charge in [-0.15, -0.1) is 0 Å². The van der Waals surface area contributed by atoms with E-state index in [1.807, 2.05) is 24.3 Å². The lowest BCUT2D eigenvalue weighted by molar-refractivity contribution is -0.156. The second-order valence-corrected chi connectivity index (χ2v) is 7.68. The average molecular weight is 408 g/mol. The summed E-state index contributed by atoms with van der Waals surface area (Å²) in [6, 6.07) is 11.6. The number of carbonyl (C=O) groups is 1. The number of esters is 1. The van der Waals surface area contributed by atoms with E-state index in [2.05, 4.69) is 0 Å². The van der Waals surface area contributed by atoms with Crippen molar-refractivity contribution in [3.8, 4) is 11.1 Å². The van der Waals surface area contributed by atoms with Crippen molar-refractivity contribution >= 4 is 17.6 Å². The fraction of sp³-hybridized carbons (Fsp3) is 0.409. The van der Waals surface area contributed by atoms with E-state index in [4.69, 9.17) is 22.1 Å². The number of carbonyl (C=O) groups excluding carboxylic acids is 1. The third kappa shape index (κ3) is 5.77. The summed E-state index contributed by atoms with van der Waals surface area (Å²) in [7, 11) is 0. The fourth-order valence-corrected chi connectivity index (χ4v) is 3.50. The molecule has 0 amide bonds. The Kier molecular flexibility index (Phi) is 7.98. The van der Waals surface area contributed by atoms with Crippen LogP contribution in [0.3, 0.4) is 0 Å². The zero-order valence-corrected chi connectivity index (χ0v) is 17.0. The molecule has 0 saturated carbocycles. The highest BCUT2D eigenvalue weighted by atomic mass is 35.5. The minimum atomic E-state index is -0.825. The van der Waals surface area contributed by atoms with Gasteiger partial charge in [-0.05, 0) is 62.4 Å². The average Bonchev–Trinajstić information content (AvgIpc) is 2.64. The quantitative estimate of drug-likeness (QED) is 0.606. The summed E-state index contributed by atoms with van der Waals surface area (Å²) in [6.45, 7) is 3.70. The van der Waals surface area contributed by atoms with Crippen molar-refractivity contribution in [1.82, 2.24) is 0 Å². The maximum atomic E-state index is 14.0. The van der Waals surface area contributed by atoms with Gasteiger partial charge in [0.05, 0.1) is 12.0 Å². The van der Waals surface area contributed by atoms with Gasteiger partial charge in [-0.2, -0.15) is 0 Å². The standard InChI is InChI=1S/C22H27ClFNO3/c1-3-28-21(27)22(2,10-11-26)14-18(25)12-15-4-6-16(7-5-15)19-13-17(23)8-9-20(19)24/h4-9,13,18,26H,3,10-12,14,25H2,1-2H3/t18-,22?/m1/s1. The number of benzene rings is 2. The molecule has 0 heterocycles. The molecule has 2 atom stereocenters. The zero-order chi connectivity index (χ0) is 20.7. The Morgan fingerprint density at radius 1 is 1.29 bits per heavy atom. The van der Waals surface area contributed by atoms with Crippen molar-refractivity contribution in [2.24, 2.45) is 11.1 Å². The first kappa shape index (κ1) is 22.3. The van der Waals surface area contributed by atoms with Crippen molar-refractivity contribution in [3.63, 3.8) is 0 Å². The number of ether oxygens (including phenoxy) is 1. The number of hydrogen-bond acceptors (Lipinski definition) is 4. The summed E-state index contributed by atoms with van der Waals surface area (Å²) in [4.78, 5) is 12.3. The first-order chi connectivity index (χ1) is 13.3. The molecule has 1 unspecified atom stereocenters. The number of rotatable bonds is 9. The Labute approximate surface area is 170 Å². The molecule has 0 bridgehead atoms. The molecule has 0 aliphatic rings. The van der Waals surface area contributed by atoms with Crippen LogP contribution in [0.4, 0.5) is 4.39 Å². The monoisotopic (exact) mass is 407 g/mol. The molecule has 0 radical (unpaired) electrons. The van der Waals surface area contributed by atoms with E-state index in [9.17, 15) is 14.3 Å². The molecule has 0 aliphatic carbocycles. The summed E-state index contributed by atoms with van der Waals surface area (Å²) in [5.74, 6) is -0.672. The minimum Gasteiger partial charge on any atom is -0.466 e. The van der Waals surface area contributed by atoms with Crippen LogP contribution in [-0.4, -0.2) is 30.3 Å². The van der Waals surface area contributed by atoms with Crippen molar-refractivity contribution in [1.29, 1.82) is 0 Å². The lowest BCUT2D eigenvalue weighted by atomic mass is 9.79. The highest BCUT2D eigenvalue weighted by Gasteiger charge is 2.35. The van der Waals surface area contributed by atoms with Crippen LogP contribution in [0.25, 0.3) is 11.1 Å². The molecule has 2 rings (SSSR count). The van der Waals surface area contributed by atoms with Crippen LogP contribution in [0.15, 0.2) is 42.5 Å². The predicted molar refractivity (Wildman–Crippen MR) is 110 cm³/mol. The van der Waals surface area contributed by atoms with Gasteiger partial charge in [0.1, 0.15) is 5.82 Å². The summed E-state index contributed by atoms with van der Waals surface area (Å²) < 4.78 is 19.2. The van der Waals surface area contributed by atoms with Gasteiger partial charge in [0, 0.05) is 23.2 Å². The second kappa shape index (κ2) is 10.0. The van der Waals surface area contributed by atoms with Crippen molar-refractivity contribution < 1.29 is 19.0 Å². The normalized spacial score (nSPS) is 14.4. The summed E-state index contributed by atoms with van der Waals surface area (Å²) in [5.41, 5.74) is 7.61. The second-order valence-electron chi connectivity index (χ2n) is 7.24. The van der Waals surface area contributed by atoms with E-state index >= 15 is 0 Å². The largest absolute Gasteiger partial charge is 0.466 e. The number of hydrogen-bond donors (Lipinski definition) is 2. The van der Waals surface area contributed by atoms with Gasteiger partial charge in [0.15, 0.2) is 0 Å². The van der Waals surface area contributed by atoms with Crippen LogP contribution in [-0.2, 0) is 16.0 Å². The number of halogens is 2. The van der Waals surface area contributed by atoms with Crippen LogP contribution in [0, 0.1) is 11.2 Å². The van der Waals surface area contributed by atoms with Gasteiger partial charge in [-0.3, -0.25) is 4.79 Å². The molecule has 6 heteroatoms. The number of nitrogens with two attached hydrogens (primary N) is 1. The molecular weight excluding hydrogens is 381 g/mol. The van der Waals surface area contributed by atoms with Crippen LogP contribution < -0.4 is 5.73 Å². The molecule has 4 nitrogen and oxygen atoms in total. The minimum absolute atomic E-state index is 0.109. The highest BCUT2D eigenvalue weighted by Crippen LogP contribution is 2.30. The highest BCUT2D eigenvalue weighted by molar-refractivity contribution is 6.30. The van der Waals surface area contributed by atoms with Crippen molar-refractivity contribution in [3.05, 3.63) is 58.9 Å². The van der Waals surface area contributed by atoms with E-state index in [0.717, 1.165) is 11.1 Å². The lowest BCUT2D eigenvalue weighted by Gasteiger charge is -2.29. The Morgan fingerprint density at radius 3 is 2.57 bits per heavy atom. The molecule has 3 N–H and O–H groups in total. The van der Waals surface area contributed by atoms with Gasteiger partial charge in [0.25, 0.3) is 0 Å². The third-order valence-electron chi connectivity index (χ3n) is 4.84. The summed E-state index contributed by atoms with van der Waals surface area (Å²) >= 11 is 5.96. The summed E-state index contributed by atoms with van der Waals surface area (Å²) in [6.07, 6.45) is 1.25. The molecule has 0 aliphatic heterocycles. The number of aliphatic hydroxyl groups excluding tert-OH is 1. The maximum absolute atomic E-state index is 14.0. The van der Waals surface area contributed by atoms with Crippen LogP contribution >= 0.6 is 11.6 Å². The maximum Gasteiger partial charge on any atom is 0.311 e. The van der Waals surface area contributed by atoms with E-state index in [-0.39, 0.29) is 31.0 Å². The van der Waals surface area contributed by atoms with E-state index < -0.39 is 5.41 Å². The van der Waals surface area contributed by atoms with Crippen molar-refractivity contribution in [2.75, 3.05) is 13.2 Å². The molecule has 152 valence electrons. The van der Waals surface area contributed by atoms with E-state index in [0.29, 0.717) is 29.8 Å². The van der Waals surface area contributed by atoms with Crippen molar-refractivity contribution in [2.45, 2.75) is 39.2 Å². The molecule has 0 spiro atoms. The Morgan fingerprint density at radius 2 is 1.96 bits per heavy atom. The van der Waals surface area contributed by atoms with Gasteiger partial charge in [-0.25, -0.2) is 4.39 Å². The molecular formula is C22H27ClFNO3. The van der Waals surface area contributed by atoms with E-state index in [1.54, 1.807) is 19.9 Å². The molecule has 2 aromatic carbocycles.